The van der Waals surface area contributed by atoms with Crippen molar-refractivity contribution < 1.29 is 18.9 Å². The van der Waals surface area contributed by atoms with E-state index in [1.807, 2.05) is 0 Å². The number of nitro groups is 1. The van der Waals surface area contributed by atoms with Crippen LogP contribution in [0.5, 0.6) is 0 Å². The van der Waals surface area contributed by atoms with E-state index >= 15 is 0 Å². The fourth-order valence-electron chi connectivity index (χ4n) is 3.20. The molecule has 32 heavy (non-hydrogen) atoms. The molecule has 3 aromatic rings. The van der Waals surface area contributed by atoms with E-state index in [-0.39, 0.29) is 17.1 Å². The number of hydrogen-bond donors (Lipinski definition) is 0. The number of nitro benzene ring substituents is 1. The molecule has 1 saturated heterocycles. The number of carbonyl (C=O) groups is 2. The van der Waals surface area contributed by atoms with E-state index in [0.29, 0.717) is 38.3 Å². The number of rotatable bonds is 5. The van der Waals surface area contributed by atoms with Gasteiger partial charge in [0.1, 0.15) is 11.5 Å². The van der Waals surface area contributed by atoms with Crippen molar-refractivity contribution in [1.29, 1.82) is 0 Å². The summed E-state index contributed by atoms with van der Waals surface area (Å²) in [6.07, 6.45) is 1.50. The molecule has 2 amide bonds. The molecule has 0 saturated carbocycles. The molecular formula is C22H14Cl2N2O5S. The number of thioether (sulfide) groups is 1. The summed E-state index contributed by atoms with van der Waals surface area (Å²) in [5.41, 5.74) is 2.05. The number of hydrogen-bond acceptors (Lipinski definition) is 6. The molecule has 4 rings (SSSR count). The van der Waals surface area contributed by atoms with Gasteiger partial charge in [-0.15, -0.1) is 0 Å². The fourth-order valence-corrected chi connectivity index (χ4v) is 4.34. The van der Waals surface area contributed by atoms with E-state index in [1.165, 1.54) is 18.2 Å². The molecule has 1 aromatic heterocycles. The fraction of sp³-hybridized carbons (Fsp3) is 0.0909. The van der Waals surface area contributed by atoms with Crippen LogP contribution >= 0.6 is 35.0 Å². The lowest BCUT2D eigenvalue weighted by Gasteiger charge is -2.12. The average molecular weight is 489 g/mol. The van der Waals surface area contributed by atoms with E-state index in [4.69, 9.17) is 27.6 Å². The van der Waals surface area contributed by atoms with Crippen LogP contribution in [0.15, 0.2) is 57.9 Å². The highest BCUT2D eigenvalue weighted by Crippen LogP contribution is 2.35. The molecular weight excluding hydrogens is 475 g/mol. The lowest BCUT2D eigenvalue weighted by molar-refractivity contribution is -0.384. The van der Waals surface area contributed by atoms with Crippen molar-refractivity contribution in [2.75, 3.05) is 0 Å². The number of furan rings is 1. The van der Waals surface area contributed by atoms with Gasteiger partial charge in [0.15, 0.2) is 0 Å². The minimum absolute atomic E-state index is 0.00585. The summed E-state index contributed by atoms with van der Waals surface area (Å²) in [4.78, 5) is 37.0. The summed E-state index contributed by atoms with van der Waals surface area (Å²) in [6.45, 7) is 1.82. The number of imide groups is 1. The molecule has 0 bridgehead atoms. The lowest BCUT2D eigenvalue weighted by Crippen LogP contribution is -2.27. The molecule has 162 valence electrons. The summed E-state index contributed by atoms with van der Waals surface area (Å²) in [6, 6.07) is 12.8. The molecule has 1 aliphatic heterocycles. The van der Waals surface area contributed by atoms with E-state index in [2.05, 4.69) is 0 Å². The van der Waals surface area contributed by atoms with Crippen molar-refractivity contribution in [1.82, 2.24) is 4.90 Å². The van der Waals surface area contributed by atoms with Gasteiger partial charge in [0.2, 0.25) is 0 Å². The molecule has 2 aromatic carbocycles. The standard InChI is InChI=1S/C22H14Cl2N2O5S/c1-12-8-14(26(29)30)3-5-16(12)19-7-4-15(31-19)10-20-21(27)25(22(28)32-20)11-13-2-6-17(23)18(24)9-13/h2-10H,11H2,1H3/b20-10-. The van der Waals surface area contributed by atoms with Gasteiger partial charge in [-0.2, -0.15) is 0 Å². The second kappa shape index (κ2) is 8.82. The van der Waals surface area contributed by atoms with Crippen LogP contribution in [0, 0.1) is 17.0 Å². The van der Waals surface area contributed by atoms with E-state index in [1.54, 1.807) is 43.3 Å². The van der Waals surface area contributed by atoms with Crippen LogP contribution in [0.2, 0.25) is 10.0 Å². The third kappa shape index (κ3) is 4.43. The minimum Gasteiger partial charge on any atom is -0.457 e. The monoisotopic (exact) mass is 488 g/mol. The van der Waals surface area contributed by atoms with Gasteiger partial charge in [-0.05, 0) is 60.1 Å². The third-order valence-electron chi connectivity index (χ3n) is 4.78. The Hall–Kier alpha value is -3.07. The number of non-ortho nitro benzene ring substituents is 1. The first-order valence-corrected chi connectivity index (χ1v) is 10.8. The highest BCUT2D eigenvalue weighted by atomic mass is 35.5. The second-order valence-electron chi connectivity index (χ2n) is 6.97. The Labute approximate surface area is 196 Å². The van der Waals surface area contributed by atoms with Crippen LogP contribution in [-0.4, -0.2) is 21.0 Å². The summed E-state index contributed by atoms with van der Waals surface area (Å²) in [5, 5.41) is 11.3. The Morgan fingerprint density at radius 3 is 2.56 bits per heavy atom. The van der Waals surface area contributed by atoms with Gasteiger partial charge in [-0.1, -0.05) is 29.3 Å². The Kier molecular flexibility index (Phi) is 6.10. The molecule has 2 heterocycles. The molecule has 0 atom stereocenters. The first-order valence-electron chi connectivity index (χ1n) is 9.27. The van der Waals surface area contributed by atoms with Gasteiger partial charge < -0.3 is 4.42 Å². The molecule has 0 aliphatic carbocycles. The predicted octanol–water partition coefficient (Wildman–Crippen LogP) is 6.71. The predicted molar refractivity (Wildman–Crippen MR) is 124 cm³/mol. The summed E-state index contributed by atoms with van der Waals surface area (Å²) >= 11 is 12.7. The van der Waals surface area contributed by atoms with Gasteiger partial charge >= 0.3 is 0 Å². The van der Waals surface area contributed by atoms with Crippen molar-refractivity contribution in [3.8, 4) is 11.3 Å². The second-order valence-corrected chi connectivity index (χ2v) is 8.78. The van der Waals surface area contributed by atoms with Crippen molar-refractivity contribution in [2.24, 2.45) is 0 Å². The van der Waals surface area contributed by atoms with Gasteiger partial charge in [0.25, 0.3) is 16.8 Å². The number of amides is 2. The van der Waals surface area contributed by atoms with E-state index in [9.17, 15) is 19.7 Å². The SMILES string of the molecule is Cc1cc([N+](=O)[O-])ccc1-c1ccc(/C=C2\SC(=O)N(Cc3ccc(Cl)c(Cl)c3)C2=O)o1. The first kappa shape index (κ1) is 22.1. The summed E-state index contributed by atoms with van der Waals surface area (Å²) < 4.78 is 5.81. The Morgan fingerprint density at radius 2 is 1.88 bits per heavy atom. The quantitative estimate of drug-likeness (QED) is 0.225. The number of benzene rings is 2. The number of halogens is 2. The first-order chi connectivity index (χ1) is 15.2. The van der Waals surface area contributed by atoms with Crippen molar-refractivity contribution in [3.05, 3.63) is 90.5 Å². The molecule has 0 spiro atoms. The van der Waals surface area contributed by atoms with Crippen molar-refractivity contribution in [2.45, 2.75) is 13.5 Å². The maximum atomic E-state index is 12.8. The van der Waals surface area contributed by atoms with Crippen LogP contribution in [0.4, 0.5) is 10.5 Å². The molecule has 1 fully saturated rings. The van der Waals surface area contributed by atoms with Crippen LogP contribution in [0.1, 0.15) is 16.9 Å². The van der Waals surface area contributed by atoms with Gasteiger partial charge in [-0.25, -0.2) is 0 Å². The van der Waals surface area contributed by atoms with Crippen LogP contribution in [-0.2, 0) is 11.3 Å². The molecule has 0 N–H and O–H groups in total. The van der Waals surface area contributed by atoms with Crippen LogP contribution in [0.25, 0.3) is 17.4 Å². The number of aryl methyl sites for hydroxylation is 1. The molecule has 7 nitrogen and oxygen atoms in total. The maximum absolute atomic E-state index is 12.8. The highest BCUT2D eigenvalue weighted by Gasteiger charge is 2.35. The number of nitrogens with zero attached hydrogens (tertiary/aromatic N) is 2. The zero-order valence-corrected chi connectivity index (χ0v) is 18.8. The summed E-state index contributed by atoms with van der Waals surface area (Å²) in [7, 11) is 0. The van der Waals surface area contributed by atoms with Crippen LogP contribution < -0.4 is 0 Å². The average Bonchev–Trinajstić information content (AvgIpc) is 3.30. The molecule has 10 heteroatoms. The topological polar surface area (TPSA) is 93.7 Å². The zero-order chi connectivity index (χ0) is 23.0. The lowest BCUT2D eigenvalue weighted by atomic mass is 10.1. The Balaban J connectivity index is 1.54. The van der Waals surface area contributed by atoms with Gasteiger partial charge in [0.05, 0.1) is 26.4 Å². The van der Waals surface area contributed by atoms with Crippen molar-refractivity contribution >= 4 is 57.9 Å². The summed E-state index contributed by atoms with van der Waals surface area (Å²) in [5.74, 6) is 0.451. The van der Waals surface area contributed by atoms with Crippen molar-refractivity contribution in [3.63, 3.8) is 0 Å². The maximum Gasteiger partial charge on any atom is 0.293 e. The normalized spacial score (nSPS) is 15.1. The largest absolute Gasteiger partial charge is 0.457 e. The molecule has 1 aliphatic rings. The molecule has 0 unspecified atom stereocenters. The Morgan fingerprint density at radius 1 is 1.09 bits per heavy atom. The van der Waals surface area contributed by atoms with Gasteiger partial charge in [-0.3, -0.25) is 24.6 Å². The van der Waals surface area contributed by atoms with E-state index in [0.717, 1.165) is 16.7 Å². The minimum atomic E-state index is -0.460. The van der Waals surface area contributed by atoms with E-state index < -0.39 is 16.1 Å². The third-order valence-corrected chi connectivity index (χ3v) is 6.43. The van der Waals surface area contributed by atoms with Crippen LogP contribution in [0.3, 0.4) is 0 Å². The highest BCUT2D eigenvalue weighted by molar-refractivity contribution is 8.18. The molecule has 0 radical (unpaired) electrons. The zero-order valence-electron chi connectivity index (χ0n) is 16.5. The number of carbonyl (C=O) groups excluding carboxylic acids is 2. The van der Waals surface area contributed by atoms with Gasteiger partial charge in [0, 0.05) is 23.8 Å². The Bertz CT molecular complexity index is 1300. The smallest absolute Gasteiger partial charge is 0.293 e.